The number of furan rings is 1. The Kier molecular flexibility index (Phi) is 2.93. The number of unbranched alkanes of at least 4 members (excludes halogenated alkanes) is 1. The summed E-state index contributed by atoms with van der Waals surface area (Å²) in [6.45, 7) is 5.18. The zero-order valence-electron chi connectivity index (χ0n) is 11.4. The van der Waals surface area contributed by atoms with Crippen LogP contribution >= 0.6 is 0 Å². The summed E-state index contributed by atoms with van der Waals surface area (Å²) in [4.78, 5) is 4.45. The van der Waals surface area contributed by atoms with Crippen molar-refractivity contribution in [3.8, 4) is 0 Å². The Morgan fingerprint density at radius 1 is 1.32 bits per heavy atom. The summed E-state index contributed by atoms with van der Waals surface area (Å²) in [7, 11) is 0. The molecule has 0 aliphatic carbocycles. The van der Waals surface area contributed by atoms with Crippen LogP contribution in [0, 0.1) is 0 Å². The number of benzene rings is 1. The minimum absolute atomic E-state index is 0.593. The van der Waals surface area contributed by atoms with Crippen molar-refractivity contribution in [2.24, 2.45) is 0 Å². The van der Waals surface area contributed by atoms with Gasteiger partial charge in [0.1, 0.15) is 11.3 Å². The van der Waals surface area contributed by atoms with Gasteiger partial charge in [0.25, 0.3) is 0 Å². The lowest BCUT2D eigenvalue weighted by molar-refractivity contribution is 0.557. The molecule has 0 saturated heterocycles. The lowest BCUT2D eigenvalue weighted by Gasteiger charge is -2.05. The fourth-order valence-corrected chi connectivity index (χ4v) is 2.53. The first kappa shape index (κ1) is 12.1. The van der Waals surface area contributed by atoms with Crippen molar-refractivity contribution in [2.75, 3.05) is 5.73 Å². The normalized spacial score (nSPS) is 11.7. The molecule has 0 radical (unpaired) electrons. The predicted molar refractivity (Wildman–Crippen MR) is 78.2 cm³/mol. The highest BCUT2D eigenvalue weighted by Crippen LogP contribution is 2.30. The number of nitrogens with two attached hydrogens (primary N) is 1. The van der Waals surface area contributed by atoms with Crippen LogP contribution in [-0.4, -0.2) is 9.55 Å². The predicted octanol–water partition coefficient (Wildman–Crippen LogP) is 3.73. The van der Waals surface area contributed by atoms with Gasteiger partial charge in [0.05, 0.1) is 11.0 Å². The molecule has 0 fully saturated rings. The summed E-state index contributed by atoms with van der Waals surface area (Å²) in [6, 6.07) is 6.08. The zero-order chi connectivity index (χ0) is 13.4. The molecule has 0 atom stereocenters. The van der Waals surface area contributed by atoms with E-state index in [2.05, 4.69) is 29.5 Å². The molecule has 3 rings (SSSR count). The van der Waals surface area contributed by atoms with Gasteiger partial charge < -0.3 is 14.7 Å². The van der Waals surface area contributed by atoms with Crippen LogP contribution in [0.5, 0.6) is 0 Å². The fourth-order valence-electron chi connectivity index (χ4n) is 2.53. The van der Waals surface area contributed by atoms with Crippen LogP contribution in [0.4, 0.5) is 5.95 Å². The first-order valence-electron chi connectivity index (χ1n) is 6.91. The lowest BCUT2D eigenvalue weighted by Crippen LogP contribution is -2.03. The van der Waals surface area contributed by atoms with Gasteiger partial charge in [-0.25, -0.2) is 4.98 Å². The number of aromatic nitrogens is 2. The van der Waals surface area contributed by atoms with Crippen molar-refractivity contribution >= 4 is 28.0 Å². The van der Waals surface area contributed by atoms with Crippen LogP contribution in [0.15, 0.2) is 22.6 Å². The van der Waals surface area contributed by atoms with Crippen molar-refractivity contribution in [3.05, 3.63) is 24.0 Å². The van der Waals surface area contributed by atoms with Gasteiger partial charge in [-0.2, -0.15) is 0 Å². The Morgan fingerprint density at radius 2 is 2.16 bits per heavy atom. The van der Waals surface area contributed by atoms with Crippen LogP contribution in [-0.2, 0) is 13.0 Å². The van der Waals surface area contributed by atoms with Gasteiger partial charge in [-0.1, -0.05) is 20.3 Å². The van der Waals surface area contributed by atoms with Crippen LogP contribution in [0.2, 0.25) is 0 Å². The average Bonchev–Trinajstić information content (AvgIpc) is 2.96. The van der Waals surface area contributed by atoms with E-state index in [4.69, 9.17) is 10.2 Å². The summed E-state index contributed by atoms with van der Waals surface area (Å²) in [5.41, 5.74) is 9.02. The van der Waals surface area contributed by atoms with Gasteiger partial charge in [0.2, 0.25) is 5.95 Å². The molecule has 0 aliphatic heterocycles. The topological polar surface area (TPSA) is 57.0 Å². The Balaban J connectivity index is 2.28. The van der Waals surface area contributed by atoms with Crippen molar-refractivity contribution in [1.82, 2.24) is 9.55 Å². The highest BCUT2D eigenvalue weighted by molar-refractivity contribution is 6.03. The quantitative estimate of drug-likeness (QED) is 0.774. The second kappa shape index (κ2) is 4.61. The van der Waals surface area contributed by atoms with Crippen LogP contribution < -0.4 is 5.73 Å². The number of rotatable bonds is 4. The fraction of sp³-hybridized carbons (Fsp3) is 0.400. The molecule has 3 aromatic rings. The maximum absolute atomic E-state index is 6.05. The number of nitrogens with zero attached hydrogens (tertiary/aromatic N) is 2. The standard InChI is InChI=1S/C15H19N3O/c1-3-5-8-18-14-11-9-10(4-2)19-13(11)7-6-12(14)17-15(18)16/h6-7,9H,3-5,8H2,1-2H3,(H2,16,17). The molecule has 0 unspecified atom stereocenters. The summed E-state index contributed by atoms with van der Waals surface area (Å²) >= 11 is 0. The molecule has 1 aromatic carbocycles. The molecular formula is C15H19N3O. The third kappa shape index (κ3) is 1.87. The Labute approximate surface area is 112 Å². The van der Waals surface area contributed by atoms with E-state index in [0.717, 1.165) is 53.6 Å². The number of hydrogen-bond donors (Lipinski definition) is 1. The van der Waals surface area contributed by atoms with E-state index in [1.54, 1.807) is 0 Å². The van der Waals surface area contributed by atoms with Crippen molar-refractivity contribution < 1.29 is 4.42 Å². The molecule has 0 bridgehead atoms. The third-order valence-electron chi connectivity index (χ3n) is 3.57. The first-order chi connectivity index (χ1) is 9.24. The Morgan fingerprint density at radius 3 is 2.89 bits per heavy atom. The van der Waals surface area contributed by atoms with E-state index in [9.17, 15) is 0 Å². The summed E-state index contributed by atoms with van der Waals surface area (Å²) in [5.74, 6) is 1.60. The highest BCUT2D eigenvalue weighted by atomic mass is 16.3. The molecule has 0 spiro atoms. The molecule has 2 aromatic heterocycles. The summed E-state index contributed by atoms with van der Waals surface area (Å²) in [6.07, 6.45) is 3.14. The number of hydrogen-bond acceptors (Lipinski definition) is 3. The summed E-state index contributed by atoms with van der Waals surface area (Å²) in [5, 5.41) is 1.12. The van der Waals surface area contributed by atoms with E-state index in [0.29, 0.717) is 5.95 Å². The lowest BCUT2D eigenvalue weighted by atomic mass is 10.2. The van der Waals surface area contributed by atoms with Crippen LogP contribution in [0.25, 0.3) is 22.0 Å². The van der Waals surface area contributed by atoms with E-state index in [1.165, 1.54) is 0 Å². The molecule has 2 N–H and O–H groups in total. The van der Waals surface area contributed by atoms with Gasteiger partial charge in [-0.15, -0.1) is 0 Å². The van der Waals surface area contributed by atoms with E-state index < -0.39 is 0 Å². The maximum atomic E-state index is 6.05. The number of aryl methyl sites for hydroxylation is 2. The second-order valence-electron chi connectivity index (χ2n) is 4.89. The minimum Gasteiger partial charge on any atom is -0.461 e. The maximum Gasteiger partial charge on any atom is 0.201 e. The van der Waals surface area contributed by atoms with Gasteiger partial charge >= 0.3 is 0 Å². The number of anilines is 1. The van der Waals surface area contributed by atoms with E-state index >= 15 is 0 Å². The zero-order valence-corrected chi connectivity index (χ0v) is 11.4. The monoisotopic (exact) mass is 257 g/mol. The Bertz CT molecular complexity index is 724. The molecule has 0 saturated carbocycles. The van der Waals surface area contributed by atoms with Crippen molar-refractivity contribution in [3.63, 3.8) is 0 Å². The first-order valence-corrected chi connectivity index (χ1v) is 6.91. The number of fused-ring (bicyclic) bond motifs is 3. The molecule has 100 valence electrons. The SMILES string of the molecule is CCCCn1c(N)nc2ccc3oc(CC)cc3c21. The molecule has 4 heteroatoms. The van der Waals surface area contributed by atoms with Crippen LogP contribution in [0.1, 0.15) is 32.4 Å². The van der Waals surface area contributed by atoms with Gasteiger partial charge in [0, 0.05) is 18.4 Å². The summed E-state index contributed by atoms with van der Waals surface area (Å²) < 4.78 is 7.92. The third-order valence-corrected chi connectivity index (χ3v) is 3.57. The van der Waals surface area contributed by atoms with Crippen molar-refractivity contribution in [1.29, 1.82) is 0 Å². The molecule has 0 aliphatic rings. The molecular weight excluding hydrogens is 238 g/mol. The van der Waals surface area contributed by atoms with Gasteiger partial charge in [-0.3, -0.25) is 0 Å². The van der Waals surface area contributed by atoms with E-state index in [-0.39, 0.29) is 0 Å². The highest BCUT2D eigenvalue weighted by Gasteiger charge is 2.14. The molecule has 2 heterocycles. The van der Waals surface area contributed by atoms with Gasteiger partial charge in [-0.05, 0) is 24.6 Å². The minimum atomic E-state index is 0.593. The van der Waals surface area contributed by atoms with Crippen molar-refractivity contribution in [2.45, 2.75) is 39.7 Å². The largest absolute Gasteiger partial charge is 0.461 e. The molecule has 19 heavy (non-hydrogen) atoms. The number of nitrogen functional groups attached to an aromatic ring is 1. The average molecular weight is 257 g/mol. The van der Waals surface area contributed by atoms with Crippen LogP contribution in [0.3, 0.4) is 0 Å². The smallest absolute Gasteiger partial charge is 0.201 e. The molecule has 0 amide bonds. The van der Waals surface area contributed by atoms with E-state index in [1.807, 2.05) is 12.1 Å². The number of imidazole rings is 1. The molecule has 4 nitrogen and oxygen atoms in total. The van der Waals surface area contributed by atoms with Gasteiger partial charge in [0.15, 0.2) is 0 Å². The second-order valence-corrected chi connectivity index (χ2v) is 4.89. The Hall–Kier alpha value is -1.97.